The van der Waals surface area contributed by atoms with E-state index in [4.69, 9.17) is 0 Å². The van der Waals surface area contributed by atoms with Crippen LogP contribution in [0.2, 0.25) is 0 Å². The van der Waals surface area contributed by atoms with Gasteiger partial charge in [0.2, 0.25) is 0 Å². The van der Waals surface area contributed by atoms with Gasteiger partial charge in [0, 0.05) is 0 Å². The summed E-state index contributed by atoms with van der Waals surface area (Å²) < 4.78 is 0. The molecule has 0 unspecified atom stereocenters. The second-order valence-electron chi connectivity index (χ2n) is 5.16. The molecule has 1 rings (SSSR count). The van der Waals surface area contributed by atoms with Crippen molar-refractivity contribution in [1.82, 2.24) is 0 Å². The molecule has 0 nitrogen and oxygen atoms in total. The van der Waals surface area contributed by atoms with Gasteiger partial charge in [-0.2, -0.15) is 0 Å². The van der Waals surface area contributed by atoms with Crippen molar-refractivity contribution < 1.29 is 0 Å². The van der Waals surface area contributed by atoms with Crippen LogP contribution >= 0.6 is 0 Å². The normalized spacial score (nSPS) is 11.8. The molecule has 0 atom stereocenters. The molecule has 0 N–H and O–H groups in total. The molecule has 0 spiro atoms. The van der Waals surface area contributed by atoms with Crippen LogP contribution in [0.4, 0.5) is 0 Å². The summed E-state index contributed by atoms with van der Waals surface area (Å²) in [5.74, 6) is 0. The van der Waals surface area contributed by atoms with Crippen LogP contribution in [0.3, 0.4) is 0 Å². The topological polar surface area (TPSA) is 0 Å². The fraction of sp³-hybridized carbons (Fsp3) is 0.538. The van der Waals surface area contributed by atoms with E-state index in [2.05, 4.69) is 52.8 Å². The molecule has 0 bridgehead atoms. The van der Waals surface area contributed by atoms with E-state index in [0.717, 1.165) is 6.42 Å². The van der Waals surface area contributed by atoms with Gasteiger partial charge in [0.1, 0.15) is 0 Å². The van der Waals surface area contributed by atoms with Crippen molar-refractivity contribution in [3.63, 3.8) is 0 Å². The molecule has 0 aliphatic carbocycles. The van der Waals surface area contributed by atoms with E-state index in [-0.39, 0.29) is 0 Å². The first-order valence-corrected chi connectivity index (χ1v) is 4.95. The van der Waals surface area contributed by atoms with Gasteiger partial charge in [0.15, 0.2) is 0 Å². The molecule has 0 fully saturated rings. The van der Waals surface area contributed by atoms with Crippen molar-refractivity contribution in [3.8, 4) is 0 Å². The van der Waals surface area contributed by atoms with Crippen LogP contribution in [0.1, 0.15) is 37.5 Å². The highest BCUT2D eigenvalue weighted by Gasteiger charge is 2.11. The van der Waals surface area contributed by atoms with E-state index in [9.17, 15) is 0 Å². The van der Waals surface area contributed by atoms with Crippen LogP contribution in [0.5, 0.6) is 0 Å². The molecule has 0 saturated heterocycles. The first-order valence-electron chi connectivity index (χ1n) is 4.95. The number of aryl methyl sites for hydroxylation is 2. The smallest absolute Gasteiger partial charge is 0.0230 e. The first kappa shape index (κ1) is 10.3. The molecule has 13 heavy (non-hydrogen) atoms. The van der Waals surface area contributed by atoms with E-state index in [1.165, 1.54) is 16.7 Å². The largest absolute Gasteiger partial charge is 0.0599 e. The molecule has 0 radical (unpaired) electrons. The van der Waals surface area contributed by atoms with Gasteiger partial charge in [0.25, 0.3) is 0 Å². The zero-order chi connectivity index (χ0) is 10.1. The van der Waals surface area contributed by atoms with Gasteiger partial charge >= 0.3 is 0 Å². The number of rotatable bonds is 1. The SMILES string of the molecule is Cc1ccc(CC(C)(C)C)cc1C. The lowest BCUT2D eigenvalue weighted by Crippen LogP contribution is -2.09. The van der Waals surface area contributed by atoms with Gasteiger partial charge in [-0.05, 0) is 42.4 Å². The van der Waals surface area contributed by atoms with Crippen LogP contribution in [-0.2, 0) is 6.42 Å². The fourth-order valence-corrected chi connectivity index (χ4v) is 1.53. The minimum Gasteiger partial charge on any atom is -0.0599 e. The van der Waals surface area contributed by atoms with Gasteiger partial charge in [-0.25, -0.2) is 0 Å². The summed E-state index contributed by atoms with van der Waals surface area (Å²) in [6.45, 7) is 11.2. The fourth-order valence-electron chi connectivity index (χ4n) is 1.53. The molecule has 0 heteroatoms. The van der Waals surface area contributed by atoms with E-state index in [1.807, 2.05) is 0 Å². The maximum atomic E-state index is 2.31. The Morgan fingerprint density at radius 1 is 1.00 bits per heavy atom. The van der Waals surface area contributed by atoms with Gasteiger partial charge < -0.3 is 0 Å². The predicted molar refractivity (Wildman–Crippen MR) is 59.1 cm³/mol. The van der Waals surface area contributed by atoms with Gasteiger partial charge in [0.05, 0.1) is 0 Å². The average Bonchev–Trinajstić information content (AvgIpc) is 1.94. The molecule has 0 saturated carbocycles. The predicted octanol–water partition coefficient (Wildman–Crippen LogP) is 3.89. The summed E-state index contributed by atoms with van der Waals surface area (Å²) in [5.41, 5.74) is 4.64. The third kappa shape index (κ3) is 3.22. The third-order valence-corrected chi connectivity index (χ3v) is 2.31. The lowest BCUT2D eigenvalue weighted by Gasteiger charge is -2.18. The maximum Gasteiger partial charge on any atom is -0.0230 e. The standard InChI is InChI=1S/C13H20/c1-10-6-7-12(8-11(10)2)9-13(3,4)5/h6-8H,9H2,1-5H3. The molecular formula is C13H20. The van der Waals surface area contributed by atoms with Crippen molar-refractivity contribution >= 4 is 0 Å². The van der Waals surface area contributed by atoms with Crippen LogP contribution in [0, 0.1) is 19.3 Å². The summed E-state index contributed by atoms with van der Waals surface area (Å²) in [7, 11) is 0. The molecule has 0 aliphatic heterocycles. The van der Waals surface area contributed by atoms with Gasteiger partial charge in [-0.15, -0.1) is 0 Å². The highest BCUT2D eigenvalue weighted by molar-refractivity contribution is 5.30. The first-order chi connectivity index (χ1) is 5.88. The van der Waals surface area contributed by atoms with Gasteiger partial charge in [-0.3, -0.25) is 0 Å². The van der Waals surface area contributed by atoms with E-state index in [0.29, 0.717) is 5.41 Å². The van der Waals surface area contributed by atoms with Crippen LogP contribution in [0.15, 0.2) is 18.2 Å². The molecule has 0 amide bonds. The Kier molecular flexibility index (Phi) is 2.80. The summed E-state index contributed by atoms with van der Waals surface area (Å²) in [6.07, 6.45) is 1.16. The molecule has 1 aromatic rings. The quantitative estimate of drug-likeness (QED) is 0.609. The van der Waals surface area contributed by atoms with Crippen LogP contribution < -0.4 is 0 Å². The highest BCUT2D eigenvalue weighted by atomic mass is 14.2. The Morgan fingerprint density at radius 3 is 2.08 bits per heavy atom. The van der Waals surface area contributed by atoms with Crippen LogP contribution in [-0.4, -0.2) is 0 Å². The monoisotopic (exact) mass is 176 g/mol. The highest BCUT2D eigenvalue weighted by Crippen LogP contribution is 2.21. The molecule has 0 aliphatic rings. The molecule has 0 aromatic heterocycles. The number of hydrogen-bond acceptors (Lipinski definition) is 0. The van der Waals surface area contributed by atoms with Crippen molar-refractivity contribution in [2.45, 2.75) is 41.0 Å². The summed E-state index contributed by atoms with van der Waals surface area (Å²) in [4.78, 5) is 0. The Hall–Kier alpha value is -0.780. The van der Waals surface area contributed by atoms with E-state index >= 15 is 0 Å². The Labute approximate surface area is 82.0 Å². The van der Waals surface area contributed by atoms with E-state index in [1.54, 1.807) is 0 Å². The van der Waals surface area contributed by atoms with Crippen molar-refractivity contribution in [1.29, 1.82) is 0 Å². The third-order valence-electron chi connectivity index (χ3n) is 2.31. The Morgan fingerprint density at radius 2 is 1.62 bits per heavy atom. The molecule has 1 aromatic carbocycles. The number of benzene rings is 1. The average molecular weight is 176 g/mol. The minimum atomic E-state index is 0.391. The number of hydrogen-bond donors (Lipinski definition) is 0. The summed E-state index contributed by atoms with van der Waals surface area (Å²) in [5, 5.41) is 0. The van der Waals surface area contributed by atoms with Crippen molar-refractivity contribution in [2.24, 2.45) is 5.41 Å². The lowest BCUT2D eigenvalue weighted by atomic mass is 9.87. The summed E-state index contributed by atoms with van der Waals surface area (Å²) >= 11 is 0. The van der Waals surface area contributed by atoms with Crippen molar-refractivity contribution in [3.05, 3.63) is 34.9 Å². The second kappa shape index (κ2) is 3.53. The Bertz CT molecular complexity index is 289. The molecule has 0 heterocycles. The van der Waals surface area contributed by atoms with Gasteiger partial charge in [-0.1, -0.05) is 39.0 Å². The molecular weight excluding hydrogens is 156 g/mol. The Balaban J connectivity index is 2.86. The maximum absolute atomic E-state index is 2.31. The lowest BCUT2D eigenvalue weighted by molar-refractivity contribution is 0.411. The van der Waals surface area contributed by atoms with Crippen LogP contribution in [0.25, 0.3) is 0 Å². The van der Waals surface area contributed by atoms with Crippen molar-refractivity contribution in [2.75, 3.05) is 0 Å². The second-order valence-corrected chi connectivity index (χ2v) is 5.16. The minimum absolute atomic E-state index is 0.391. The van der Waals surface area contributed by atoms with E-state index < -0.39 is 0 Å². The summed E-state index contributed by atoms with van der Waals surface area (Å²) in [6, 6.07) is 6.77. The zero-order valence-corrected chi connectivity index (χ0v) is 9.44. The molecule has 72 valence electrons. The zero-order valence-electron chi connectivity index (χ0n) is 9.44.